The molecular weight excluding hydrogens is 234 g/mol. The van der Waals surface area contributed by atoms with Crippen molar-refractivity contribution in [3.05, 3.63) is 0 Å². The van der Waals surface area contributed by atoms with Gasteiger partial charge in [0.15, 0.2) is 0 Å². The first-order chi connectivity index (χ1) is 6.15. The highest BCUT2D eigenvalue weighted by atomic mass is 79.9. The minimum absolute atomic E-state index is 0.155. The Labute approximate surface area is 86.2 Å². The number of alkyl halides is 1. The van der Waals surface area contributed by atoms with Crippen LogP contribution in [0.3, 0.4) is 0 Å². The number of rotatable bonds is 3. The summed E-state index contributed by atoms with van der Waals surface area (Å²) in [6.45, 7) is 1.12. The van der Waals surface area contributed by atoms with Crippen LogP contribution in [-0.2, 0) is 4.79 Å². The number of β-amino-alcohol motifs (C(OH)–C–C–N with tert-alkyl or cyclic N) is 1. The first kappa shape index (κ1) is 9.46. The molecule has 1 N–H and O–H groups in total. The van der Waals surface area contributed by atoms with Crippen LogP contribution in [0.2, 0.25) is 0 Å². The van der Waals surface area contributed by atoms with Crippen LogP contribution >= 0.6 is 15.9 Å². The largest absolute Gasteiger partial charge is 0.386 e. The molecule has 0 radical (unpaired) electrons. The Morgan fingerprint density at radius 1 is 1.54 bits per heavy atom. The number of hydrogen-bond donors (Lipinski definition) is 1. The SMILES string of the molecule is O=C(CCBr)N1CC(O)(C2CC2)C1. The Morgan fingerprint density at radius 3 is 2.62 bits per heavy atom. The van der Waals surface area contributed by atoms with Crippen molar-refractivity contribution in [2.75, 3.05) is 18.4 Å². The number of halogens is 1. The van der Waals surface area contributed by atoms with Crippen LogP contribution in [-0.4, -0.2) is 39.9 Å². The van der Waals surface area contributed by atoms with Gasteiger partial charge in [-0.2, -0.15) is 0 Å². The quantitative estimate of drug-likeness (QED) is 0.749. The lowest BCUT2D eigenvalue weighted by molar-refractivity contribution is -0.158. The zero-order valence-electron chi connectivity index (χ0n) is 7.50. The average Bonchev–Trinajstić information content (AvgIpc) is 2.81. The van der Waals surface area contributed by atoms with Crippen molar-refractivity contribution in [1.82, 2.24) is 4.90 Å². The highest BCUT2D eigenvalue weighted by Gasteiger charge is 2.52. The van der Waals surface area contributed by atoms with E-state index in [1.807, 2.05) is 0 Å². The topological polar surface area (TPSA) is 40.5 Å². The number of amides is 1. The summed E-state index contributed by atoms with van der Waals surface area (Å²) in [4.78, 5) is 13.1. The van der Waals surface area contributed by atoms with Crippen molar-refractivity contribution in [2.45, 2.75) is 24.9 Å². The van der Waals surface area contributed by atoms with E-state index in [0.29, 0.717) is 30.8 Å². The zero-order chi connectivity index (χ0) is 9.47. The van der Waals surface area contributed by atoms with Crippen LogP contribution in [0, 0.1) is 5.92 Å². The number of carbonyl (C=O) groups is 1. The summed E-state index contributed by atoms with van der Waals surface area (Å²) in [6, 6.07) is 0. The smallest absolute Gasteiger partial charge is 0.223 e. The zero-order valence-corrected chi connectivity index (χ0v) is 9.09. The van der Waals surface area contributed by atoms with Crippen molar-refractivity contribution in [2.24, 2.45) is 5.92 Å². The Morgan fingerprint density at radius 2 is 2.15 bits per heavy atom. The standard InChI is InChI=1S/C9H14BrNO2/c10-4-3-8(12)11-5-9(13,6-11)7-1-2-7/h7,13H,1-6H2. The third kappa shape index (κ3) is 1.74. The molecule has 13 heavy (non-hydrogen) atoms. The third-order valence-electron chi connectivity index (χ3n) is 2.93. The molecule has 1 heterocycles. The minimum atomic E-state index is -0.526. The monoisotopic (exact) mass is 247 g/mol. The summed E-state index contributed by atoms with van der Waals surface area (Å²) in [7, 11) is 0. The van der Waals surface area contributed by atoms with E-state index in [2.05, 4.69) is 15.9 Å². The number of hydrogen-bond acceptors (Lipinski definition) is 2. The predicted molar refractivity (Wildman–Crippen MR) is 52.7 cm³/mol. The molecule has 0 aromatic carbocycles. The van der Waals surface area contributed by atoms with Crippen molar-refractivity contribution >= 4 is 21.8 Å². The van der Waals surface area contributed by atoms with Crippen LogP contribution in [0.1, 0.15) is 19.3 Å². The van der Waals surface area contributed by atoms with E-state index in [0.717, 1.165) is 12.8 Å². The van der Waals surface area contributed by atoms with E-state index in [1.54, 1.807) is 4.90 Å². The third-order valence-corrected chi connectivity index (χ3v) is 3.32. The summed E-state index contributed by atoms with van der Waals surface area (Å²) < 4.78 is 0. The van der Waals surface area contributed by atoms with Gasteiger partial charge in [-0.1, -0.05) is 15.9 Å². The second-order valence-corrected chi connectivity index (χ2v) is 4.86. The fourth-order valence-corrected chi connectivity index (χ4v) is 2.25. The molecule has 1 saturated carbocycles. The van der Waals surface area contributed by atoms with Gasteiger partial charge in [0.2, 0.25) is 5.91 Å². The molecule has 4 heteroatoms. The van der Waals surface area contributed by atoms with E-state index in [1.165, 1.54) is 0 Å². The Balaban J connectivity index is 1.79. The fourth-order valence-electron chi connectivity index (χ4n) is 1.91. The van der Waals surface area contributed by atoms with E-state index >= 15 is 0 Å². The van der Waals surface area contributed by atoms with Gasteiger partial charge < -0.3 is 10.0 Å². The van der Waals surface area contributed by atoms with E-state index in [4.69, 9.17) is 0 Å². The van der Waals surface area contributed by atoms with Gasteiger partial charge in [0.1, 0.15) is 5.60 Å². The lowest BCUT2D eigenvalue weighted by Gasteiger charge is -2.47. The maximum absolute atomic E-state index is 11.3. The van der Waals surface area contributed by atoms with Crippen LogP contribution in [0.4, 0.5) is 0 Å². The second kappa shape index (κ2) is 3.24. The molecule has 2 aliphatic rings. The summed E-state index contributed by atoms with van der Waals surface area (Å²) >= 11 is 3.23. The summed E-state index contributed by atoms with van der Waals surface area (Å²) in [6.07, 6.45) is 2.81. The lowest BCUT2D eigenvalue weighted by Crippen LogP contribution is -2.64. The van der Waals surface area contributed by atoms with Gasteiger partial charge in [0, 0.05) is 11.8 Å². The Bertz CT molecular complexity index is 222. The molecule has 0 bridgehead atoms. The van der Waals surface area contributed by atoms with Crippen molar-refractivity contribution in [1.29, 1.82) is 0 Å². The molecule has 2 fully saturated rings. The van der Waals surface area contributed by atoms with E-state index in [9.17, 15) is 9.90 Å². The van der Waals surface area contributed by atoms with Crippen LogP contribution in [0.5, 0.6) is 0 Å². The molecular formula is C9H14BrNO2. The minimum Gasteiger partial charge on any atom is -0.386 e. The van der Waals surface area contributed by atoms with Gasteiger partial charge in [0.05, 0.1) is 13.1 Å². The molecule has 0 aromatic rings. The fraction of sp³-hybridized carbons (Fsp3) is 0.889. The van der Waals surface area contributed by atoms with Gasteiger partial charge in [-0.15, -0.1) is 0 Å². The Hall–Kier alpha value is -0.0900. The van der Waals surface area contributed by atoms with Crippen molar-refractivity contribution in [3.8, 4) is 0 Å². The number of likely N-dealkylation sites (tertiary alicyclic amines) is 1. The number of carbonyl (C=O) groups excluding carboxylic acids is 1. The van der Waals surface area contributed by atoms with Crippen LogP contribution < -0.4 is 0 Å². The molecule has 74 valence electrons. The molecule has 1 aliphatic carbocycles. The molecule has 0 spiro atoms. The molecule has 1 saturated heterocycles. The molecule has 0 atom stereocenters. The molecule has 2 rings (SSSR count). The van der Waals surface area contributed by atoms with Gasteiger partial charge in [0.25, 0.3) is 0 Å². The molecule has 1 amide bonds. The maximum Gasteiger partial charge on any atom is 0.223 e. The first-order valence-corrected chi connectivity index (χ1v) is 5.84. The number of nitrogens with zero attached hydrogens (tertiary/aromatic N) is 1. The summed E-state index contributed by atoms with van der Waals surface area (Å²) in [5, 5.41) is 10.6. The first-order valence-electron chi connectivity index (χ1n) is 4.72. The lowest BCUT2D eigenvalue weighted by atomic mass is 9.88. The predicted octanol–water partition coefficient (Wildman–Crippen LogP) is 0.755. The van der Waals surface area contributed by atoms with Gasteiger partial charge >= 0.3 is 0 Å². The summed E-state index contributed by atoms with van der Waals surface area (Å²) in [5.74, 6) is 0.628. The molecule has 3 nitrogen and oxygen atoms in total. The second-order valence-electron chi connectivity index (χ2n) is 4.07. The molecule has 0 unspecified atom stereocenters. The summed E-state index contributed by atoms with van der Waals surface area (Å²) in [5.41, 5.74) is -0.526. The van der Waals surface area contributed by atoms with Gasteiger partial charge in [-0.3, -0.25) is 4.79 Å². The normalized spacial score (nSPS) is 25.5. The van der Waals surface area contributed by atoms with E-state index < -0.39 is 5.60 Å². The highest BCUT2D eigenvalue weighted by molar-refractivity contribution is 9.09. The Kier molecular flexibility index (Phi) is 2.36. The van der Waals surface area contributed by atoms with Crippen molar-refractivity contribution in [3.63, 3.8) is 0 Å². The molecule has 0 aromatic heterocycles. The molecule has 1 aliphatic heterocycles. The average molecular weight is 248 g/mol. The number of aliphatic hydroxyl groups is 1. The highest BCUT2D eigenvalue weighted by Crippen LogP contribution is 2.44. The van der Waals surface area contributed by atoms with Crippen LogP contribution in [0.25, 0.3) is 0 Å². The van der Waals surface area contributed by atoms with Gasteiger partial charge in [-0.25, -0.2) is 0 Å². The maximum atomic E-state index is 11.3. The van der Waals surface area contributed by atoms with E-state index in [-0.39, 0.29) is 5.91 Å². The van der Waals surface area contributed by atoms with Crippen LogP contribution in [0.15, 0.2) is 0 Å². The van der Waals surface area contributed by atoms with Gasteiger partial charge in [-0.05, 0) is 18.8 Å². The van der Waals surface area contributed by atoms with Crippen molar-refractivity contribution < 1.29 is 9.90 Å².